The van der Waals surface area contributed by atoms with Gasteiger partial charge in [0.05, 0.1) is 42.9 Å². The number of aromatic amines is 1. The number of quaternary nitrogens is 1. The van der Waals surface area contributed by atoms with Crippen molar-refractivity contribution < 1.29 is 38.2 Å². The van der Waals surface area contributed by atoms with Crippen LogP contribution in [0.5, 0.6) is 0 Å². The smallest absolute Gasteiger partial charge is 0.384 e. The largest absolute Gasteiger partial charge is 0.390 e. The quantitative estimate of drug-likeness (QED) is 0.0312. The highest BCUT2D eigenvalue weighted by Gasteiger charge is 2.45. The molecule has 18 heteroatoms. The first-order valence-corrected chi connectivity index (χ1v) is 19.2. The average Bonchev–Trinajstić information content (AvgIpc) is 3.87. The number of benzene rings is 2. The Bertz CT molecular complexity index is 2500. The van der Waals surface area contributed by atoms with Crippen molar-refractivity contribution in [1.82, 2.24) is 30.1 Å². The number of aryl methyl sites for hydroxylation is 2. The number of hydrogen-bond acceptors (Lipinski definition) is 10. The lowest BCUT2D eigenvalue weighted by Crippen LogP contribution is -2.54. The summed E-state index contributed by atoms with van der Waals surface area (Å²) in [5.41, 5.74) is 6.58. The number of carbonyl (C=O) groups excluding carboxylic acids is 6. The number of nitrogens with zero attached hydrogens (tertiary/aromatic N) is 5. The lowest BCUT2D eigenvalue weighted by atomic mass is 10.00. The highest BCUT2D eigenvalue weighted by atomic mass is 16.6. The Balaban J connectivity index is 0.965. The van der Waals surface area contributed by atoms with Crippen LogP contribution < -0.4 is 21.3 Å². The summed E-state index contributed by atoms with van der Waals surface area (Å²) in [6.07, 6.45) is 4.43. The number of aromatic nitrogens is 3. The predicted octanol–water partition coefficient (Wildman–Crippen LogP) is 3.22. The SMILES string of the molecule is Cc1[nH]c(/C=C2\C(=O)Nc3ccc(CC[N+](C)(C)Cc4c([N+](=O)[O-])ncn4C)cc32)c(C)c1C(=O)NCCCNc1cccc2c1C(=O)N(C1CCC(=O)NC1=O)C2=O. The van der Waals surface area contributed by atoms with Crippen molar-refractivity contribution in [3.05, 3.63) is 103 Å². The van der Waals surface area contributed by atoms with E-state index in [0.29, 0.717) is 88.7 Å². The summed E-state index contributed by atoms with van der Waals surface area (Å²) in [6.45, 7) is 5.35. The standard InChI is InChI=1S/C41H44N10O8/c1-22-30(19-27-26-18-24(10-11-28(26)46-37(27)53)14-17-51(4,5)20-32-36(50(58)59)44-21-48(32)3)45-23(2)34(22)39(55)43-16-7-15-42-29-9-6-8-25-35(29)41(57)49(40(25)56)31-12-13-33(52)47-38(31)54/h6,8-11,18-19,21,31H,7,12-17,20H2,1-5H3,(H4-,42,43,45,46,47,52,53,54,55,56,57)/p+1. The molecule has 2 aromatic carbocycles. The maximum atomic E-state index is 13.4. The van der Waals surface area contributed by atoms with Crippen LogP contribution in [0.3, 0.4) is 0 Å². The molecule has 0 saturated carbocycles. The van der Waals surface area contributed by atoms with E-state index in [4.69, 9.17) is 0 Å². The van der Waals surface area contributed by atoms with Gasteiger partial charge < -0.3 is 40.1 Å². The molecule has 1 unspecified atom stereocenters. The van der Waals surface area contributed by atoms with Gasteiger partial charge in [0.15, 0.2) is 5.69 Å². The van der Waals surface area contributed by atoms with Crippen LogP contribution in [-0.2, 0) is 34.4 Å². The molecule has 7 rings (SSSR count). The highest BCUT2D eigenvalue weighted by molar-refractivity contribution is 6.35. The zero-order valence-electron chi connectivity index (χ0n) is 33.4. The Hall–Kier alpha value is -6.95. The van der Waals surface area contributed by atoms with Crippen LogP contribution >= 0.6 is 0 Å². The summed E-state index contributed by atoms with van der Waals surface area (Å²) in [5, 5.41) is 22.7. The first-order valence-electron chi connectivity index (χ1n) is 19.2. The number of H-pyrrole nitrogens is 1. The number of nitro groups is 1. The number of imidazole rings is 1. The molecule has 0 spiro atoms. The first-order chi connectivity index (χ1) is 28.0. The Labute approximate surface area is 338 Å². The molecule has 59 heavy (non-hydrogen) atoms. The number of amides is 6. The second-order valence-corrected chi connectivity index (χ2v) is 15.7. The number of carbonyl (C=O) groups is 6. The maximum absolute atomic E-state index is 13.4. The third-order valence-corrected chi connectivity index (χ3v) is 11.1. The van der Waals surface area contributed by atoms with E-state index in [1.807, 2.05) is 39.2 Å². The van der Waals surface area contributed by atoms with Gasteiger partial charge in [-0.2, -0.15) is 0 Å². The first kappa shape index (κ1) is 40.3. The minimum Gasteiger partial charge on any atom is -0.384 e. The Morgan fingerprint density at radius 3 is 2.58 bits per heavy atom. The molecule has 5 heterocycles. The number of likely N-dealkylation sites (N-methyl/N-ethyl adjacent to an activating group) is 1. The molecule has 2 aromatic heterocycles. The third kappa shape index (κ3) is 7.85. The van der Waals surface area contributed by atoms with Crippen molar-refractivity contribution in [2.45, 2.75) is 52.1 Å². The van der Waals surface area contributed by atoms with E-state index in [2.05, 4.69) is 31.2 Å². The maximum Gasteiger partial charge on any atom is 0.390 e. The van der Waals surface area contributed by atoms with Gasteiger partial charge in [-0.05, 0) is 78.1 Å². The monoisotopic (exact) mass is 805 g/mol. The number of imide groups is 2. The lowest BCUT2D eigenvalue weighted by Gasteiger charge is -2.29. The molecular weight excluding hydrogens is 761 g/mol. The summed E-state index contributed by atoms with van der Waals surface area (Å²) >= 11 is 0. The van der Waals surface area contributed by atoms with Crippen molar-refractivity contribution >= 4 is 64.3 Å². The van der Waals surface area contributed by atoms with Crippen molar-refractivity contribution in [2.75, 3.05) is 44.4 Å². The Kier molecular flexibility index (Phi) is 10.8. The summed E-state index contributed by atoms with van der Waals surface area (Å²) in [4.78, 5) is 96.4. The molecule has 0 aliphatic carbocycles. The van der Waals surface area contributed by atoms with Crippen molar-refractivity contribution in [3.8, 4) is 0 Å². The second-order valence-electron chi connectivity index (χ2n) is 15.7. The molecule has 4 aromatic rings. The summed E-state index contributed by atoms with van der Waals surface area (Å²) in [6, 6.07) is 9.59. The zero-order chi connectivity index (χ0) is 42.3. The Morgan fingerprint density at radius 2 is 1.83 bits per heavy atom. The van der Waals surface area contributed by atoms with E-state index in [9.17, 15) is 38.9 Å². The number of anilines is 2. The van der Waals surface area contributed by atoms with Gasteiger partial charge >= 0.3 is 5.82 Å². The molecule has 1 saturated heterocycles. The predicted molar refractivity (Wildman–Crippen MR) is 216 cm³/mol. The highest BCUT2D eigenvalue weighted by Crippen LogP contribution is 2.36. The number of piperidine rings is 1. The molecule has 306 valence electrons. The summed E-state index contributed by atoms with van der Waals surface area (Å²) in [7, 11) is 5.75. The van der Waals surface area contributed by atoms with Crippen LogP contribution in [0.15, 0.2) is 42.7 Å². The van der Waals surface area contributed by atoms with Crippen molar-refractivity contribution in [2.24, 2.45) is 7.05 Å². The molecule has 18 nitrogen and oxygen atoms in total. The van der Waals surface area contributed by atoms with Crippen molar-refractivity contribution in [1.29, 1.82) is 0 Å². The molecule has 0 radical (unpaired) electrons. The zero-order valence-corrected chi connectivity index (χ0v) is 33.4. The van der Waals surface area contributed by atoms with Gasteiger partial charge in [0.2, 0.25) is 18.1 Å². The fourth-order valence-electron chi connectivity index (χ4n) is 7.90. The van der Waals surface area contributed by atoms with Gasteiger partial charge in [0, 0.05) is 61.3 Å². The molecule has 1 atom stereocenters. The fraction of sp³-hybridized carbons (Fsp3) is 0.341. The number of rotatable bonds is 14. The van der Waals surface area contributed by atoms with Crippen LogP contribution in [-0.4, -0.2) is 104 Å². The van der Waals surface area contributed by atoms with Crippen LogP contribution in [0.1, 0.15) is 84.1 Å². The Morgan fingerprint density at radius 1 is 1.05 bits per heavy atom. The van der Waals surface area contributed by atoms with E-state index >= 15 is 0 Å². The average molecular weight is 806 g/mol. The van der Waals surface area contributed by atoms with E-state index < -0.39 is 34.6 Å². The van der Waals surface area contributed by atoms with Gasteiger partial charge in [-0.3, -0.25) is 39.0 Å². The van der Waals surface area contributed by atoms with Gasteiger partial charge in [0.1, 0.15) is 12.6 Å². The normalized spacial score (nSPS) is 17.0. The molecule has 3 aliphatic heterocycles. The van der Waals surface area contributed by atoms with Gasteiger partial charge in [-0.25, -0.2) is 0 Å². The summed E-state index contributed by atoms with van der Waals surface area (Å²) < 4.78 is 2.15. The molecule has 1 fully saturated rings. The topological polar surface area (TPSA) is 231 Å². The van der Waals surface area contributed by atoms with Gasteiger partial charge in [-0.15, -0.1) is 0 Å². The third-order valence-electron chi connectivity index (χ3n) is 11.1. The van der Waals surface area contributed by atoms with Crippen LogP contribution in [0.25, 0.3) is 11.6 Å². The number of nitrogens with one attached hydrogen (secondary N) is 5. The van der Waals surface area contributed by atoms with E-state index in [0.717, 1.165) is 16.0 Å². The van der Waals surface area contributed by atoms with Crippen molar-refractivity contribution in [3.63, 3.8) is 0 Å². The van der Waals surface area contributed by atoms with E-state index in [1.165, 1.54) is 12.4 Å². The summed E-state index contributed by atoms with van der Waals surface area (Å²) in [5.74, 6) is -3.01. The van der Waals surface area contributed by atoms with Gasteiger partial charge in [0.25, 0.3) is 23.6 Å². The molecular formula is C41H45N10O8+. The van der Waals surface area contributed by atoms with Gasteiger partial charge in [-0.1, -0.05) is 12.1 Å². The molecule has 3 aliphatic rings. The molecule has 0 bridgehead atoms. The second kappa shape index (κ2) is 15.8. The molecule has 5 N–H and O–H groups in total. The molecule has 6 amide bonds. The lowest BCUT2D eigenvalue weighted by molar-refractivity contribution is -0.903. The minimum atomic E-state index is -1.06. The van der Waals surface area contributed by atoms with Crippen LogP contribution in [0.4, 0.5) is 17.2 Å². The number of hydrogen-bond donors (Lipinski definition) is 5. The van der Waals surface area contributed by atoms with E-state index in [-0.39, 0.29) is 41.6 Å². The fourth-order valence-corrected chi connectivity index (χ4v) is 7.90. The van der Waals surface area contributed by atoms with Crippen LogP contribution in [0.2, 0.25) is 0 Å². The van der Waals surface area contributed by atoms with E-state index in [1.54, 1.807) is 36.7 Å². The minimum absolute atomic E-state index is 0.0299. The van der Waals surface area contributed by atoms with Crippen LogP contribution in [0, 0.1) is 24.0 Å². The number of fused-ring (bicyclic) bond motifs is 2.